The zero-order valence-corrected chi connectivity index (χ0v) is 11.8. The molecule has 1 heterocycles. The summed E-state index contributed by atoms with van der Waals surface area (Å²) in [5.74, 6) is -1.20. The summed E-state index contributed by atoms with van der Waals surface area (Å²) in [5, 5.41) is 11.7. The lowest BCUT2D eigenvalue weighted by Crippen LogP contribution is -2.46. The van der Waals surface area contributed by atoms with Crippen molar-refractivity contribution in [1.82, 2.24) is 10.2 Å². The molecule has 1 atom stereocenters. The zero-order chi connectivity index (χ0) is 15.7. The van der Waals surface area contributed by atoms with Gasteiger partial charge in [-0.3, -0.25) is 9.69 Å². The quantitative estimate of drug-likeness (QED) is 0.845. The highest BCUT2D eigenvalue weighted by Crippen LogP contribution is 2.21. The summed E-state index contributed by atoms with van der Waals surface area (Å²) in [5.41, 5.74) is 0.920. The molecule has 0 radical (unpaired) electrons. The molecule has 22 heavy (non-hydrogen) atoms. The molecule has 1 aromatic carbocycles. The molecule has 1 saturated carbocycles. The number of rotatable bonds is 5. The van der Waals surface area contributed by atoms with Crippen molar-refractivity contribution in [1.29, 1.82) is 0 Å². The topological polar surface area (TPSA) is 95.9 Å². The van der Waals surface area contributed by atoms with E-state index in [1.54, 1.807) is 12.1 Å². The standard InChI is InChI=1S/C15H16N2O5/c18-13(16-11-5-6-11)12-8-22-15(21)17(12)7-9-1-3-10(4-2-9)14(19)20/h1-4,11-12H,5-8H2,(H,16,18)(H,19,20)/t12-/m0/s1. The Kier molecular flexibility index (Phi) is 3.70. The average Bonchev–Trinajstić information content (AvgIpc) is 3.23. The van der Waals surface area contributed by atoms with Crippen LogP contribution in [0.3, 0.4) is 0 Å². The van der Waals surface area contributed by atoms with E-state index in [-0.39, 0.29) is 30.7 Å². The van der Waals surface area contributed by atoms with Gasteiger partial charge >= 0.3 is 12.1 Å². The van der Waals surface area contributed by atoms with Crippen LogP contribution < -0.4 is 5.32 Å². The number of carboxylic acids is 1. The van der Waals surface area contributed by atoms with Gasteiger partial charge in [0.1, 0.15) is 12.6 Å². The Labute approximate surface area is 126 Å². The molecule has 7 nitrogen and oxygen atoms in total. The van der Waals surface area contributed by atoms with E-state index >= 15 is 0 Å². The maximum Gasteiger partial charge on any atom is 0.410 e. The molecule has 116 valence electrons. The Hall–Kier alpha value is -2.57. The van der Waals surface area contributed by atoms with E-state index in [0.717, 1.165) is 18.4 Å². The molecule has 0 unspecified atom stereocenters. The zero-order valence-electron chi connectivity index (χ0n) is 11.8. The van der Waals surface area contributed by atoms with Gasteiger partial charge in [0.05, 0.1) is 12.1 Å². The molecule has 2 amide bonds. The third-order valence-electron chi connectivity index (χ3n) is 3.76. The maximum absolute atomic E-state index is 12.1. The first kappa shape index (κ1) is 14.4. The number of carbonyl (C=O) groups excluding carboxylic acids is 2. The third-order valence-corrected chi connectivity index (χ3v) is 3.76. The van der Waals surface area contributed by atoms with Crippen molar-refractivity contribution in [3.63, 3.8) is 0 Å². The van der Waals surface area contributed by atoms with Gasteiger partial charge < -0.3 is 15.2 Å². The van der Waals surface area contributed by atoms with E-state index in [9.17, 15) is 14.4 Å². The second kappa shape index (κ2) is 5.67. The van der Waals surface area contributed by atoms with Gasteiger partial charge in [-0.1, -0.05) is 12.1 Å². The highest BCUT2D eigenvalue weighted by atomic mass is 16.6. The van der Waals surface area contributed by atoms with Gasteiger partial charge in [-0.05, 0) is 30.5 Å². The smallest absolute Gasteiger partial charge is 0.410 e. The molecule has 2 fully saturated rings. The Morgan fingerprint density at radius 3 is 2.55 bits per heavy atom. The van der Waals surface area contributed by atoms with Gasteiger partial charge in [-0.25, -0.2) is 9.59 Å². The second-order valence-electron chi connectivity index (χ2n) is 5.51. The predicted octanol–water partition coefficient (Wildman–Crippen LogP) is 0.984. The molecule has 1 aliphatic carbocycles. The van der Waals surface area contributed by atoms with E-state index in [1.807, 2.05) is 0 Å². The monoisotopic (exact) mass is 304 g/mol. The fourth-order valence-corrected chi connectivity index (χ4v) is 2.32. The number of amides is 2. The first-order chi connectivity index (χ1) is 10.5. The molecule has 0 spiro atoms. The van der Waals surface area contributed by atoms with Crippen molar-refractivity contribution in [2.75, 3.05) is 6.61 Å². The van der Waals surface area contributed by atoms with Gasteiger partial charge in [0, 0.05) is 6.04 Å². The largest absolute Gasteiger partial charge is 0.478 e. The Bertz CT molecular complexity index is 609. The van der Waals surface area contributed by atoms with Crippen molar-refractivity contribution in [2.24, 2.45) is 0 Å². The third kappa shape index (κ3) is 3.03. The first-order valence-electron chi connectivity index (χ1n) is 7.10. The minimum Gasteiger partial charge on any atom is -0.478 e. The van der Waals surface area contributed by atoms with Crippen LogP contribution in [-0.2, 0) is 16.1 Å². The normalized spacial score (nSPS) is 20.6. The van der Waals surface area contributed by atoms with Crippen LogP contribution in [0.15, 0.2) is 24.3 Å². The van der Waals surface area contributed by atoms with Gasteiger partial charge in [0.15, 0.2) is 0 Å². The molecule has 2 N–H and O–H groups in total. The Balaban J connectivity index is 1.69. The molecule has 7 heteroatoms. The highest BCUT2D eigenvalue weighted by Gasteiger charge is 2.39. The van der Waals surface area contributed by atoms with Crippen LogP contribution in [-0.4, -0.2) is 46.7 Å². The number of nitrogens with zero attached hydrogens (tertiary/aromatic N) is 1. The maximum atomic E-state index is 12.1. The number of hydrogen-bond donors (Lipinski definition) is 2. The number of carbonyl (C=O) groups is 3. The van der Waals surface area contributed by atoms with Crippen molar-refractivity contribution in [2.45, 2.75) is 31.5 Å². The van der Waals surface area contributed by atoms with E-state index in [4.69, 9.17) is 9.84 Å². The Morgan fingerprint density at radius 1 is 1.27 bits per heavy atom. The average molecular weight is 304 g/mol. The number of hydrogen-bond acceptors (Lipinski definition) is 4. The summed E-state index contributed by atoms with van der Waals surface area (Å²) in [4.78, 5) is 36.1. The summed E-state index contributed by atoms with van der Waals surface area (Å²) in [7, 11) is 0. The number of cyclic esters (lactones) is 1. The van der Waals surface area contributed by atoms with Crippen molar-refractivity contribution < 1.29 is 24.2 Å². The number of ether oxygens (including phenoxy) is 1. The van der Waals surface area contributed by atoms with E-state index in [2.05, 4.69) is 5.32 Å². The van der Waals surface area contributed by atoms with Crippen LogP contribution in [0.2, 0.25) is 0 Å². The van der Waals surface area contributed by atoms with Crippen molar-refractivity contribution in [3.8, 4) is 0 Å². The molecule has 2 aliphatic rings. The fraction of sp³-hybridized carbons (Fsp3) is 0.400. The Morgan fingerprint density at radius 2 is 1.95 bits per heavy atom. The van der Waals surface area contributed by atoms with Gasteiger partial charge in [0.25, 0.3) is 0 Å². The number of benzene rings is 1. The molecule has 3 rings (SSSR count). The van der Waals surface area contributed by atoms with Crippen LogP contribution in [0.4, 0.5) is 4.79 Å². The molecule has 1 aliphatic heterocycles. The van der Waals surface area contributed by atoms with Crippen LogP contribution in [0.25, 0.3) is 0 Å². The van der Waals surface area contributed by atoms with Crippen LogP contribution in [0.1, 0.15) is 28.8 Å². The molecule has 1 aromatic rings. The number of aromatic carboxylic acids is 1. The summed E-state index contributed by atoms with van der Waals surface area (Å²) in [6, 6.07) is 5.79. The van der Waals surface area contributed by atoms with Gasteiger partial charge in [0.2, 0.25) is 5.91 Å². The fourth-order valence-electron chi connectivity index (χ4n) is 2.32. The van der Waals surface area contributed by atoms with Gasteiger partial charge in [-0.2, -0.15) is 0 Å². The summed E-state index contributed by atoms with van der Waals surface area (Å²) < 4.78 is 4.97. The van der Waals surface area contributed by atoms with Crippen LogP contribution in [0, 0.1) is 0 Å². The van der Waals surface area contributed by atoms with Gasteiger partial charge in [-0.15, -0.1) is 0 Å². The first-order valence-corrected chi connectivity index (χ1v) is 7.10. The van der Waals surface area contributed by atoms with Crippen LogP contribution in [0.5, 0.6) is 0 Å². The molecular weight excluding hydrogens is 288 g/mol. The lowest BCUT2D eigenvalue weighted by molar-refractivity contribution is -0.125. The van der Waals surface area contributed by atoms with E-state index in [0.29, 0.717) is 0 Å². The SMILES string of the molecule is O=C(O)c1ccc(CN2C(=O)OC[C@H]2C(=O)NC2CC2)cc1. The molecule has 0 bridgehead atoms. The lowest BCUT2D eigenvalue weighted by Gasteiger charge is -2.20. The number of carboxylic acid groups (broad SMARTS) is 1. The minimum absolute atomic E-state index is 0.0462. The summed E-state index contributed by atoms with van der Waals surface area (Å²) >= 11 is 0. The second-order valence-corrected chi connectivity index (χ2v) is 5.51. The number of nitrogens with one attached hydrogen (secondary N) is 1. The van der Waals surface area contributed by atoms with E-state index in [1.165, 1.54) is 17.0 Å². The van der Waals surface area contributed by atoms with Crippen molar-refractivity contribution >= 4 is 18.0 Å². The van der Waals surface area contributed by atoms with Crippen LogP contribution >= 0.6 is 0 Å². The van der Waals surface area contributed by atoms with E-state index < -0.39 is 18.1 Å². The summed E-state index contributed by atoms with van der Waals surface area (Å²) in [6.45, 7) is 0.256. The predicted molar refractivity (Wildman–Crippen MR) is 75.2 cm³/mol. The molecule has 0 aromatic heterocycles. The lowest BCUT2D eigenvalue weighted by atomic mass is 10.1. The molecule has 1 saturated heterocycles. The minimum atomic E-state index is -1.01. The summed E-state index contributed by atoms with van der Waals surface area (Å²) in [6.07, 6.45) is 1.42. The van der Waals surface area contributed by atoms with Crippen molar-refractivity contribution in [3.05, 3.63) is 35.4 Å². The highest BCUT2D eigenvalue weighted by molar-refractivity contribution is 5.88. The molecular formula is C15H16N2O5.